The molecule has 1 amide bonds. The molecule has 0 atom stereocenters. The number of amides is 1. The fourth-order valence-corrected chi connectivity index (χ4v) is 2.01. The van der Waals surface area contributed by atoms with Gasteiger partial charge in [-0.05, 0) is 31.2 Å². The average Bonchev–Trinajstić information content (AvgIpc) is 2.94. The molecule has 4 nitrogen and oxygen atoms in total. The van der Waals surface area contributed by atoms with Crippen molar-refractivity contribution < 1.29 is 9.21 Å². The Morgan fingerprint density at radius 3 is 2.67 bits per heavy atom. The van der Waals surface area contributed by atoms with Crippen molar-refractivity contribution in [3.63, 3.8) is 0 Å². The molecule has 1 N–H and O–H groups in total. The maximum absolute atomic E-state index is 11.6. The summed E-state index contributed by atoms with van der Waals surface area (Å²) in [5, 5.41) is 11.6. The number of hydrogen-bond donors (Lipinski definition) is 1. The summed E-state index contributed by atoms with van der Waals surface area (Å²) in [6, 6.07) is 13.1. The zero-order valence-corrected chi connectivity index (χ0v) is 13.0. The van der Waals surface area contributed by atoms with Gasteiger partial charge in [-0.25, -0.2) is 0 Å². The van der Waals surface area contributed by atoms with E-state index >= 15 is 0 Å². The number of nitriles is 1. The number of halogens is 1. The summed E-state index contributed by atoms with van der Waals surface area (Å²) in [5.41, 5.74) is 0.947. The van der Waals surface area contributed by atoms with E-state index in [1.807, 2.05) is 36.4 Å². The standard InChI is InChI=1S/C16H13BrN2O2/c1-2-19-16(20)12(10-18)9-14-7-8-15(21-14)11-3-5-13(17)6-4-11/h3-9H,2H2,1H3,(H,19,20)/b12-9-. The third-order valence-corrected chi connectivity index (χ3v) is 3.27. The van der Waals surface area contributed by atoms with E-state index in [-0.39, 0.29) is 5.57 Å². The Bertz CT molecular complexity index is 709. The first kappa shape index (κ1) is 15.1. The Labute approximate surface area is 131 Å². The van der Waals surface area contributed by atoms with Crippen molar-refractivity contribution in [1.82, 2.24) is 5.32 Å². The molecule has 2 aromatic rings. The molecule has 1 aromatic carbocycles. The highest BCUT2D eigenvalue weighted by Crippen LogP contribution is 2.24. The van der Waals surface area contributed by atoms with Crippen LogP contribution in [0.4, 0.5) is 0 Å². The average molecular weight is 345 g/mol. The molecule has 0 saturated heterocycles. The number of nitrogens with zero attached hydrogens (tertiary/aromatic N) is 1. The minimum atomic E-state index is -0.401. The zero-order chi connectivity index (χ0) is 15.2. The van der Waals surface area contributed by atoms with Crippen LogP contribution in [-0.2, 0) is 4.79 Å². The van der Waals surface area contributed by atoms with E-state index in [1.165, 1.54) is 6.08 Å². The van der Waals surface area contributed by atoms with Gasteiger partial charge in [-0.1, -0.05) is 28.1 Å². The van der Waals surface area contributed by atoms with Gasteiger partial charge in [0.05, 0.1) is 0 Å². The van der Waals surface area contributed by atoms with Crippen LogP contribution < -0.4 is 5.32 Å². The second-order valence-corrected chi connectivity index (χ2v) is 5.15. The van der Waals surface area contributed by atoms with Crippen LogP contribution in [0, 0.1) is 11.3 Å². The molecule has 0 aliphatic heterocycles. The van der Waals surface area contributed by atoms with Gasteiger partial charge < -0.3 is 9.73 Å². The van der Waals surface area contributed by atoms with Gasteiger partial charge in [0.2, 0.25) is 0 Å². The highest BCUT2D eigenvalue weighted by molar-refractivity contribution is 9.10. The summed E-state index contributed by atoms with van der Waals surface area (Å²) in [7, 11) is 0. The molecule has 0 bridgehead atoms. The quantitative estimate of drug-likeness (QED) is 0.678. The maximum Gasteiger partial charge on any atom is 0.262 e. The fourth-order valence-electron chi connectivity index (χ4n) is 1.75. The lowest BCUT2D eigenvalue weighted by Crippen LogP contribution is -2.23. The van der Waals surface area contributed by atoms with Gasteiger partial charge in [-0.15, -0.1) is 0 Å². The van der Waals surface area contributed by atoms with Gasteiger partial charge >= 0.3 is 0 Å². The molecule has 106 valence electrons. The van der Waals surface area contributed by atoms with E-state index in [0.29, 0.717) is 18.1 Å². The van der Waals surface area contributed by atoms with Crippen molar-refractivity contribution in [1.29, 1.82) is 5.26 Å². The van der Waals surface area contributed by atoms with E-state index in [0.717, 1.165) is 10.0 Å². The first-order valence-corrected chi connectivity index (χ1v) is 7.19. The third kappa shape index (κ3) is 3.83. The molecule has 0 saturated carbocycles. The minimum absolute atomic E-state index is 0.0218. The fraction of sp³-hybridized carbons (Fsp3) is 0.125. The maximum atomic E-state index is 11.6. The van der Waals surface area contributed by atoms with Crippen LogP contribution in [0.5, 0.6) is 0 Å². The molecule has 2 rings (SSSR count). The molecular formula is C16H13BrN2O2. The Morgan fingerprint density at radius 2 is 2.05 bits per heavy atom. The molecule has 0 aliphatic carbocycles. The van der Waals surface area contributed by atoms with Gasteiger partial charge in [0.25, 0.3) is 5.91 Å². The highest BCUT2D eigenvalue weighted by atomic mass is 79.9. The molecule has 1 aromatic heterocycles. The Morgan fingerprint density at radius 1 is 1.33 bits per heavy atom. The first-order chi connectivity index (χ1) is 10.1. The van der Waals surface area contributed by atoms with Gasteiger partial charge in [-0.2, -0.15) is 5.26 Å². The molecular weight excluding hydrogens is 332 g/mol. The Kier molecular flexibility index (Phi) is 4.96. The van der Waals surface area contributed by atoms with Crippen LogP contribution >= 0.6 is 15.9 Å². The molecule has 0 spiro atoms. The lowest BCUT2D eigenvalue weighted by Gasteiger charge is -1.99. The Hall–Kier alpha value is -2.32. The van der Waals surface area contributed by atoms with E-state index in [9.17, 15) is 4.79 Å². The summed E-state index contributed by atoms with van der Waals surface area (Å²) in [5.74, 6) is 0.749. The molecule has 0 aliphatic rings. The summed E-state index contributed by atoms with van der Waals surface area (Å²) < 4.78 is 6.63. The van der Waals surface area contributed by atoms with Gasteiger partial charge in [0.15, 0.2) is 0 Å². The number of nitrogens with one attached hydrogen (secondary N) is 1. The topological polar surface area (TPSA) is 66.0 Å². The number of likely N-dealkylation sites (N-methyl/N-ethyl adjacent to an activating group) is 1. The van der Waals surface area contributed by atoms with Crippen LogP contribution in [0.2, 0.25) is 0 Å². The van der Waals surface area contributed by atoms with Crippen molar-refractivity contribution >= 4 is 27.9 Å². The monoisotopic (exact) mass is 344 g/mol. The molecule has 21 heavy (non-hydrogen) atoms. The van der Waals surface area contributed by atoms with Gasteiger partial charge in [-0.3, -0.25) is 4.79 Å². The summed E-state index contributed by atoms with van der Waals surface area (Å²) in [6.45, 7) is 2.27. The van der Waals surface area contributed by atoms with Crippen LogP contribution in [0.25, 0.3) is 17.4 Å². The predicted molar refractivity (Wildman–Crippen MR) is 84.1 cm³/mol. The van der Waals surface area contributed by atoms with E-state index < -0.39 is 5.91 Å². The van der Waals surface area contributed by atoms with Crippen LogP contribution in [0.15, 0.2) is 50.9 Å². The Balaban J connectivity index is 2.25. The van der Waals surface area contributed by atoms with Crippen molar-refractivity contribution in [2.75, 3.05) is 6.54 Å². The smallest absolute Gasteiger partial charge is 0.262 e. The molecule has 0 radical (unpaired) electrons. The van der Waals surface area contributed by atoms with Crippen LogP contribution in [-0.4, -0.2) is 12.5 Å². The molecule has 0 unspecified atom stereocenters. The van der Waals surface area contributed by atoms with Crippen molar-refractivity contribution in [3.8, 4) is 17.4 Å². The molecule has 1 heterocycles. The van der Waals surface area contributed by atoms with Gasteiger partial charge in [0, 0.05) is 22.7 Å². The highest BCUT2D eigenvalue weighted by Gasteiger charge is 2.09. The number of carbonyl (C=O) groups is 1. The van der Waals surface area contributed by atoms with Crippen molar-refractivity contribution in [2.45, 2.75) is 6.92 Å². The largest absolute Gasteiger partial charge is 0.457 e. The lowest BCUT2D eigenvalue weighted by molar-refractivity contribution is -0.116. The van der Waals surface area contributed by atoms with E-state index in [1.54, 1.807) is 13.0 Å². The number of carbonyl (C=O) groups excluding carboxylic acids is 1. The lowest BCUT2D eigenvalue weighted by atomic mass is 10.2. The number of hydrogen-bond acceptors (Lipinski definition) is 3. The van der Waals surface area contributed by atoms with E-state index in [4.69, 9.17) is 9.68 Å². The summed E-state index contributed by atoms with van der Waals surface area (Å²) in [6.07, 6.45) is 1.44. The second-order valence-electron chi connectivity index (χ2n) is 4.24. The van der Waals surface area contributed by atoms with Crippen LogP contribution in [0.3, 0.4) is 0 Å². The number of rotatable bonds is 4. The predicted octanol–water partition coefficient (Wildman–Crippen LogP) is 3.75. The third-order valence-electron chi connectivity index (χ3n) is 2.74. The zero-order valence-electron chi connectivity index (χ0n) is 11.4. The normalized spacial score (nSPS) is 11.0. The summed E-state index contributed by atoms with van der Waals surface area (Å²) in [4.78, 5) is 11.6. The van der Waals surface area contributed by atoms with Crippen molar-refractivity contribution in [2.24, 2.45) is 0 Å². The second kappa shape index (κ2) is 6.91. The van der Waals surface area contributed by atoms with Crippen LogP contribution in [0.1, 0.15) is 12.7 Å². The number of benzene rings is 1. The van der Waals surface area contributed by atoms with Gasteiger partial charge in [0.1, 0.15) is 23.2 Å². The first-order valence-electron chi connectivity index (χ1n) is 6.40. The number of furan rings is 1. The molecule has 0 fully saturated rings. The van der Waals surface area contributed by atoms with Crippen molar-refractivity contribution in [3.05, 3.63) is 52.2 Å². The SMILES string of the molecule is CCNC(=O)/C(C#N)=C\c1ccc(-c2ccc(Br)cc2)o1. The summed E-state index contributed by atoms with van der Waals surface area (Å²) >= 11 is 3.38. The van der Waals surface area contributed by atoms with E-state index in [2.05, 4.69) is 21.2 Å². The minimum Gasteiger partial charge on any atom is -0.457 e. The molecule has 5 heteroatoms.